The standard InChI is InChI=1S/C15H18N2O4/c18-12-3-1-11(2-4-12)14-9-13(21-16-14)10-15(19)17-5-7-20-8-6-17/h1-4,13,18H,5-10H2. The second-order valence-electron chi connectivity index (χ2n) is 5.21. The number of carbonyl (C=O) groups is 1. The molecule has 1 saturated heterocycles. The molecule has 0 saturated carbocycles. The van der Waals surface area contributed by atoms with Crippen LogP contribution >= 0.6 is 0 Å². The van der Waals surface area contributed by atoms with E-state index in [0.29, 0.717) is 39.1 Å². The molecule has 1 atom stereocenters. The number of ether oxygens (including phenoxy) is 1. The number of rotatable bonds is 3. The van der Waals surface area contributed by atoms with Gasteiger partial charge in [-0.05, 0) is 29.8 Å². The first-order chi connectivity index (χ1) is 10.2. The predicted octanol–water partition coefficient (Wildman–Crippen LogP) is 1.13. The van der Waals surface area contributed by atoms with Crippen molar-refractivity contribution in [3.05, 3.63) is 29.8 Å². The molecule has 0 bridgehead atoms. The van der Waals surface area contributed by atoms with Crippen molar-refractivity contribution in [2.75, 3.05) is 26.3 Å². The first kappa shape index (κ1) is 13.9. The maximum absolute atomic E-state index is 12.1. The average Bonchev–Trinajstić information content (AvgIpc) is 2.97. The van der Waals surface area contributed by atoms with E-state index in [1.54, 1.807) is 24.3 Å². The second-order valence-corrected chi connectivity index (χ2v) is 5.21. The number of benzene rings is 1. The third kappa shape index (κ3) is 3.33. The summed E-state index contributed by atoms with van der Waals surface area (Å²) in [5.41, 5.74) is 1.73. The molecule has 0 spiro atoms. The van der Waals surface area contributed by atoms with Crippen LogP contribution in [0.1, 0.15) is 18.4 Å². The smallest absolute Gasteiger partial charge is 0.226 e. The van der Waals surface area contributed by atoms with E-state index in [9.17, 15) is 9.90 Å². The van der Waals surface area contributed by atoms with Gasteiger partial charge in [0.2, 0.25) is 5.91 Å². The fourth-order valence-corrected chi connectivity index (χ4v) is 2.50. The molecule has 2 heterocycles. The van der Waals surface area contributed by atoms with Gasteiger partial charge in [-0.15, -0.1) is 0 Å². The third-order valence-electron chi connectivity index (χ3n) is 3.70. The monoisotopic (exact) mass is 290 g/mol. The van der Waals surface area contributed by atoms with Gasteiger partial charge in [-0.25, -0.2) is 0 Å². The van der Waals surface area contributed by atoms with Crippen LogP contribution in [0.15, 0.2) is 29.4 Å². The lowest BCUT2D eigenvalue weighted by Crippen LogP contribution is -2.41. The zero-order valence-electron chi connectivity index (χ0n) is 11.7. The van der Waals surface area contributed by atoms with Crippen molar-refractivity contribution in [2.45, 2.75) is 18.9 Å². The number of hydrogen-bond acceptors (Lipinski definition) is 5. The molecule has 1 aromatic carbocycles. The van der Waals surface area contributed by atoms with E-state index in [2.05, 4.69) is 5.16 Å². The van der Waals surface area contributed by atoms with Gasteiger partial charge >= 0.3 is 0 Å². The molecular formula is C15H18N2O4. The van der Waals surface area contributed by atoms with Gasteiger partial charge in [-0.1, -0.05) is 5.16 Å². The van der Waals surface area contributed by atoms with Crippen LogP contribution in [-0.2, 0) is 14.4 Å². The Labute approximate surface area is 122 Å². The summed E-state index contributed by atoms with van der Waals surface area (Å²) in [6.45, 7) is 2.51. The van der Waals surface area contributed by atoms with Crippen molar-refractivity contribution in [1.29, 1.82) is 0 Å². The summed E-state index contributed by atoms with van der Waals surface area (Å²) >= 11 is 0. The second kappa shape index (κ2) is 6.13. The van der Waals surface area contributed by atoms with E-state index < -0.39 is 0 Å². The van der Waals surface area contributed by atoms with Crippen molar-refractivity contribution in [3.8, 4) is 5.75 Å². The molecule has 0 radical (unpaired) electrons. The molecule has 6 nitrogen and oxygen atoms in total. The highest BCUT2D eigenvalue weighted by Crippen LogP contribution is 2.21. The van der Waals surface area contributed by atoms with E-state index in [-0.39, 0.29) is 17.8 Å². The Bertz CT molecular complexity index is 535. The Kier molecular flexibility index (Phi) is 4.06. The van der Waals surface area contributed by atoms with Crippen molar-refractivity contribution in [2.24, 2.45) is 5.16 Å². The first-order valence-corrected chi connectivity index (χ1v) is 7.10. The van der Waals surface area contributed by atoms with E-state index in [0.717, 1.165) is 11.3 Å². The third-order valence-corrected chi connectivity index (χ3v) is 3.70. The van der Waals surface area contributed by atoms with Gasteiger partial charge in [0, 0.05) is 19.5 Å². The Morgan fingerprint density at radius 1 is 1.29 bits per heavy atom. The van der Waals surface area contributed by atoms with Gasteiger partial charge in [0.25, 0.3) is 0 Å². The minimum Gasteiger partial charge on any atom is -0.508 e. The SMILES string of the molecule is O=C(CC1CC(c2ccc(O)cc2)=NO1)N1CCOCC1. The number of oxime groups is 1. The minimum atomic E-state index is -0.204. The van der Waals surface area contributed by atoms with Crippen molar-refractivity contribution in [3.63, 3.8) is 0 Å². The zero-order chi connectivity index (χ0) is 14.7. The topological polar surface area (TPSA) is 71.4 Å². The van der Waals surface area contributed by atoms with Crippen LogP contribution in [0.4, 0.5) is 0 Å². The summed E-state index contributed by atoms with van der Waals surface area (Å²) < 4.78 is 5.24. The summed E-state index contributed by atoms with van der Waals surface area (Å²) in [6, 6.07) is 6.82. The van der Waals surface area contributed by atoms with Crippen LogP contribution in [0.2, 0.25) is 0 Å². The fourth-order valence-electron chi connectivity index (χ4n) is 2.50. The Morgan fingerprint density at radius 2 is 2.00 bits per heavy atom. The van der Waals surface area contributed by atoms with E-state index >= 15 is 0 Å². The van der Waals surface area contributed by atoms with E-state index in [1.807, 2.05) is 4.90 Å². The summed E-state index contributed by atoms with van der Waals surface area (Å²) in [4.78, 5) is 19.3. The highest BCUT2D eigenvalue weighted by molar-refractivity contribution is 6.01. The fraction of sp³-hybridized carbons (Fsp3) is 0.467. The summed E-state index contributed by atoms with van der Waals surface area (Å²) in [6.07, 6.45) is 0.746. The van der Waals surface area contributed by atoms with Crippen LogP contribution in [0.25, 0.3) is 0 Å². The summed E-state index contributed by atoms with van der Waals surface area (Å²) in [5.74, 6) is 0.308. The quantitative estimate of drug-likeness (QED) is 0.906. The van der Waals surface area contributed by atoms with Crippen LogP contribution in [-0.4, -0.2) is 54.0 Å². The van der Waals surface area contributed by atoms with Gasteiger partial charge in [-0.2, -0.15) is 0 Å². The molecule has 1 amide bonds. The van der Waals surface area contributed by atoms with Crippen molar-refractivity contribution in [1.82, 2.24) is 4.90 Å². The molecule has 2 aliphatic rings. The van der Waals surface area contributed by atoms with Gasteiger partial charge in [0.05, 0.1) is 25.3 Å². The van der Waals surface area contributed by atoms with Gasteiger partial charge in [0.1, 0.15) is 11.9 Å². The molecule has 1 unspecified atom stereocenters. The van der Waals surface area contributed by atoms with Crippen LogP contribution in [0.3, 0.4) is 0 Å². The number of hydrogen-bond donors (Lipinski definition) is 1. The Balaban J connectivity index is 1.53. The van der Waals surface area contributed by atoms with E-state index in [4.69, 9.17) is 9.57 Å². The molecule has 21 heavy (non-hydrogen) atoms. The minimum absolute atomic E-state index is 0.0884. The molecule has 1 N–H and O–H groups in total. The van der Waals surface area contributed by atoms with Crippen molar-refractivity contribution >= 4 is 11.6 Å². The number of nitrogens with zero attached hydrogens (tertiary/aromatic N) is 2. The summed E-state index contributed by atoms with van der Waals surface area (Å²) in [7, 11) is 0. The lowest BCUT2D eigenvalue weighted by Gasteiger charge is -2.27. The molecule has 3 rings (SSSR count). The molecular weight excluding hydrogens is 272 g/mol. The molecule has 0 aliphatic carbocycles. The zero-order valence-corrected chi connectivity index (χ0v) is 11.7. The molecule has 2 aliphatic heterocycles. The number of morpholine rings is 1. The van der Waals surface area contributed by atoms with Crippen molar-refractivity contribution < 1.29 is 19.5 Å². The molecule has 0 aromatic heterocycles. The van der Waals surface area contributed by atoms with Gasteiger partial charge in [0.15, 0.2) is 0 Å². The number of amides is 1. The number of carbonyl (C=O) groups excluding carboxylic acids is 1. The van der Waals surface area contributed by atoms with E-state index in [1.165, 1.54) is 0 Å². The lowest BCUT2D eigenvalue weighted by atomic mass is 10.0. The molecule has 6 heteroatoms. The normalized spacial score (nSPS) is 21.8. The van der Waals surface area contributed by atoms with Crippen LogP contribution in [0.5, 0.6) is 5.75 Å². The predicted molar refractivity (Wildman–Crippen MR) is 76.1 cm³/mol. The van der Waals surface area contributed by atoms with Gasteiger partial charge < -0.3 is 19.6 Å². The summed E-state index contributed by atoms with van der Waals surface area (Å²) in [5, 5.41) is 13.3. The maximum Gasteiger partial charge on any atom is 0.226 e. The number of phenols is 1. The molecule has 1 fully saturated rings. The highest BCUT2D eigenvalue weighted by Gasteiger charge is 2.27. The highest BCUT2D eigenvalue weighted by atomic mass is 16.6. The first-order valence-electron chi connectivity index (χ1n) is 7.10. The molecule has 112 valence electrons. The number of aromatic hydroxyl groups is 1. The molecule has 1 aromatic rings. The maximum atomic E-state index is 12.1. The average molecular weight is 290 g/mol. The largest absolute Gasteiger partial charge is 0.508 e. The lowest BCUT2D eigenvalue weighted by molar-refractivity contribution is -0.137. The Morgan fingerprint density at radius 3 is 2.71 bits per heavy atom. The van der Waals surface area contributed by atoms with Gasteiger partial charge in [-0.3, -0.25) is 4.79 Å². The number of phenolic OH excluding ortho intramolecular Hbond substituents is 1. The van der Waals surface area contributed by atoms with Crippen LogP contribution in [0, 0.1) is 0 Å². The Hall–Kier alpha value is -2.08. The van der Waals surface area contributed by atoms with Crippen LogP contribution < -0.4 is 0 Å².